The summed E-state index contributed by atoms with van der Waals surface area (Å²) in [6.45, 7) is 7.36. The highest BCUT2D eigenvalue weighted by molar-refractivity contribution is 5.76. The Labute approximate surface area is 153 Å². The molecule has 0 radical (unpaired) electrons. The van der Waals surface area contributed by atoms with Crippen LogP contribution in [0, 0.1) is 12.8 Å². The number of aromatic amines is 1. The van der Waals surface area contributed by atoms with E-state index in [1.165, 1.54) is 0 Å². The van der Waals surface area contributed by atoms with E-state index in [2.05, 4.69) is 20.0 Å². The fourth-order valence-electron chi connectivity index (χ4n) is 3.93. The zero-order chi connectivity index (χ0) is 17.9. The van der Waals surface area contributed by atoms with Gasteiger partial charge in [0.05, 0.1) is 31.8 Å². The summed E-state index contributed by atoms with van der Waals surface area (Å²) >= 11 is 0. The number of H-pyrrole nitrogens is 1. The van der Waals surface area contributed by atoms with Gasteiger partial charge in [0, 0.05) is 63.2 Å². The molecule has 140 valence electrons. The van der Waals surface area contributed by atoms with Gasteiger partial charge in [-0.2, -0.15) is 5.10 Å². The largest absolute Gasteiger partial charge is 0.379 e. The molecule has 8 nitrogen and oxygen atoms in total. The molecule has 0 spiro atoms. The monoisotopic (exact) mass is 358 g/mol. The van der Waals surface area contributed by atoms with Crippen molar-refractivity contribution in [3.8, 4) is 0 Å². The SMILES string of the molecule is Cc1cnn(CCC(=O)N2C[C@H]3COC[C@@H]2CN(Cc2cnc[nH]2)C3)c1. The second-order valence-corrected chi connectivity index (χ2v) is 7.41. The minimum absolute atomic E-state index is 0.109. The number of rotatable bonds is 5. The van der Waals surface area contributed by atoms with Crippen molar-refractivity contribution in [1.82, 2.24) is 29.5 Å². The Hall–Kier alpha value is -2.19. The van der Waals surface area contributed by atoms with Crippen molar-refractivity contribution in [2.24, 2.45) is 5.92 Å². The Kier molecular flexibility index (Phi) is 5.03. The molecule has 2 saturated heterocycles. The van der Waals surface area contributed by atoms with Crippen LogP contribution in [0.2, 0.25) is 0 Å². The van der Waals surface area contributed by atoms with Crippen LogP contribution in [0.4, 0.5) is 0 Å². The number of hydrogen-bond acceptors (Lipinski definition) is 5. The molecule has 2 aliphatic heterocycles. The van der Waals surface area contributed by atoms with Crippen LogP contribution in [0.3, 0.4) is 0 Å². The molecule has 2 fully saturated rings. The molecule has 4 heterocycles. The third-order valence-corrected chi connectivity index (χ3v) is 5.13. The average molecular weight is 358 g/mol. The number of ether oxygens (including phenoxy) is 1. The molecule has 0 saturated carbocycles. The number of hydrogen-bond donors (Lipinski definition) is 1. The van der Waals surface area contributed by atoms with Gasteiger partial charge in [-0.25, -0.2) is 4.98 Å². The molecule has 8 heteroatoms. The molecular weight excluding hydrogens is 332 g/mol. The van der Waals surface area contributed by atoms with Crippen LogP contribution in [0.1, 0.15) is 17.7 Å². The molecule has 4 rings (SSSR count). The molecule has 1 amide bonds. The number of carbonyl (C=O) groups is 1. The Bertz CT molecular complexity index is 728. The van der Waals surface area contributed by atoms with E-state index in [-0.39, 0.29) is 11.9 Å². The first-order valence-corrected chi connectivity index (χ1v) is 9.23. The number of nitrogens with one attached hydrogen (secondary N) is 1. The molecule has 2 atom stereocenters. The molecule has 2 bridgehead atoms. The number of imidazole rings is 1. The highest BCUT2D eigenvalue weighted by Gasteiger charge is 2.35. The maximum atomic E-state index is 12.9. The first-order chi connectivity index (χ1) is 12.7. The molecule has 26 heavy (non-hydrogen) atoms. The molecule has 0 aromatic carbocycles. The summed E-state index contributed by atoms with van der Waals surface area (Å²) in [7, 11) is 0. The fourth-order valence-corrected chi connectivity index (χ4v) is 3.93. The highest BCUT2D eigenvalue weighted by Crippen LogP contribution is 2.21. The summed E-state index contributed by atoms with van der Waals surface area (Å²) in [5, 5.41) is 4.28. The van der Waals surface area contributed by atoms with Crippen molar-refractivity contribution in [3.63, 3.8) is 0 Å². The summed E-state index contributed by atoms with van der Waals surface area (Å²) in [5.74, 6) is 0.545. The van der Waals surface area contributed by atoms with E-state index in [4.69, 9.17) is 4.74 Å². The van der Waals surface area contributed by atoms with Crippen LogP contribution in [0.15, 0.2) is 24.9 Å². The van der Waals surface area contributed by atoms with E-state index in [9.17, 15) is 4.79 Å². The topological polar surface area (TPSA) is 79.3 Å². The summed E-state index contributed by atoms with van der Waals surface area (Å²) < 4.78 is 7.68. The van der Waals surface area contributed by atoms with Gasteiger partial charge in [-0.3, -0.25) is 14.4 Å². The highest BCUT2D eigenvalue weighted by atomic mass is 16.5. The van der Waals surface area contributed by atoms with Gasteiger partial charge in [0.15, 0.2) is 0 Å². The van der Waals surface area contributed by atoms with Crippen molar-refractivity contribution in [3.05, 3.63) is 36.2 Å². The maximum absolute atomic E-state index is 12.9. The summed E-state index contributed by atoms with van der Waals surface area (Å²) in [4.78, 5) is 24.6. The number of carbonyl (C=O) groups excluding carboxylic acids is 1. The summed E-state index contributed by atoms with van der Waals surface area (Å²) in [6.07, 6.45) is 7.86. The number of nitrogens with zero attached hydrogens (tertiary/aromatic N) is 5. The zero-order valence-corrected chi connectivity index (χ0v) is 15.2. The lowest BCUT2D eigenvalue weighted by Crippen LogP contribution is -2.46. The van der Waals surface area contributed by atoms with Gasteiger partial charge >= 0.3 is 0 Å². The third-order valence-electron chi connectivity index (χ3n) is 5.13. The van der Waals surface area contributed by atoms with Crippen LogP contribution in [-0.4, -0.2) is 74.3 Å². The van der Waals surface area contributed by atoms with E-state index in [1.807, 2.05) is 35.1 Å². The summed E-state index contributed by atoms with van der Waals surface area (Å²) in [5.41, 5.74) is 2.23. The predicted octanol–water partition coefficient (Wildman–Crippen LogP) is 0.664. The van der Waals surface area contributed by atoms with Crippen molar-refractivity contribution in [1.29, 1.82) is 0 Å². The Morgan fingerprint density at radius 3 is 3.00 bits per heavy atom. The zero-order valence-electron chi connectivity index (χ0n) is 15.2. The number of aryl methyl sites for hydroxylation is 2. The number of aromatic nitrogens is 4. The maximum Gasteiger partial charge on any atom is 0.224 e. The van der Waals surface area contributed by atoms with E-state index in [1.54, 1.807) is 6.33 Å². The van der Waals surface area contributed by atoms with Gasteiger partial charge in [-0.05, 0) is 12.5 Å². The lowest BCUT2D eigenvalue weighted by Gasteiger charge is -2.31. The van der Waals surface area contributed by atoms with Gasteiger partial charge < -0.3 is 14.6 Å². The van der Waals surface area contributed by atoms with Crippen LogP contribution in [0.5, 0.6) is 0 Å². The minimum atomic E-state index is 0.109. The van der Waals surface area contributed by atoms with Crippen LogP contribution in [-0.2, 0) is 22.6 Å². The molecule has 2 aromatic heterocycles. The lowest BCUT2D eigenvalue weighted by molar-refractivity contribution is -0.134. The lowest BCUT2D eigenvalue weighted by atomic mass is 10.1. The standard InChI is InChI=1S/C18H26N6O2/c1-14-4-21-23(6-14)3-2-18(25)24-8-15-7-22(9-16-5-19-13-20-16)10-17(24)12-26-11-15/h4-6,13,15,17H,2-3,7-12H2,1H3,(H,19,20)/t15-,17-/m0/s1. The molecule has 0 aliphatic carbocycles. The van der Waals surface area contributed by atoms with Gasteiger partial charge in [0.1, 0.15) is 0 Å². The quantitative estimate of drug-likeness (QED) is 0.850. The van der Waals surface area contributed by atoms with Gasteiger partial charge in [-0.15, -0.1) is 0 Å². The smallest absolute Gasteiger partial charge is 0.224 e. The summed E-state index contributed by atoms with van der Waals surface area (Å²) in [6, 6.07) is 0.109. The van der Waals surface area contributed by atoms with E-state index in [0.717, 1.165) is 44.0 Å². The van der Waals surface area contributed by atoms with Crippen LogP contribution < -0.4 is 0 Å². The molecule has 0 unspecified atom stereocenters. The van der Waals surface area contributed by atoms with Crippen molar-refractivity contribution in [2.75, 3.05) is 32.8 Å². The van der Waals surface area contributed by atoms with E-state index >= 15 is 0 Å². The molecule has 1 N–H and O–H groups in total. The second-order valence-electron chi connectivity index (χ2n) is 7.41. The van der Waals surface area contributed by atoms with Gasteiger partial charge in [0.2, 0.25) is 5.91 Å². The van der Waals surface area contributed by atoms with Gasteiger partial charge in [0.25, 0.3) is 0 Å². The van der Waals surface area contributed by atoms with Gasteiger partial charge in [-0.1, -0.05) is 0 Å². The first kappa shape index (κ1) is 17.2. The molecular formula is C18H26N6O2. The van der Waals surface area contributed by atoms with Crippen LogP contribution in [0.25, 0.3) is 0 Å². The third kappa shape index (κ3) is 3.96. The molecule has 2 aliphatic rings. The average Bonchev–Trinajstić information content (AvgIpc) is 3.17. The predicted molar refractivity (Wildman–Crippen MR) is 95.3 cm³/mol. The van der Waals surface area contributed by atoms with Crippen molar-refractivity contribution in [2.45, 2.75) is 32.5 Å². The van der Waals surface area contributed by atoms with Crippen LogP contribution >= 0.6 is 0 Å². The second kappa shape index (κ2) is 7.59. The fraction of sp³-hybridized carbons (Fsp3) is 0.611. The van der Waals surface area contributed by atoms with E-state index in [0.29, 0.717) is 25.5 Å². The Balaban J connectivity index is 1.40. The minimum Gasteiger partial charge on any atom is -0.379 e. The van der Waals surface area contributed by atoms with Crippen molar-refractivity contribution >= 4 is 5.91 Å². The first-order valence-electron chi connectivity index (χ1n) is 9.23. The van der Waals surface area contributed by atoms with Crippen molar-refractivity contribution < 1.29 is 9.53 Å². The van der Waals surface area contributed by atoms with E-state index < -0.39 is 0 Å². The number of amides is 1. The Morgan fingerprint density at radius 2 is 2.23 bits per heavy atom. The Morgan fingerprint density at radius 1 is 1.31 bits per heavy atom. The number of fused-ring (bicyclic) bond motifs is 3. The molecule has 2 aromatic rings. The normalized spacial score (nSPS) is 23.8.